The van der Waals surface area contributed by atoms with Crippen LogP contribution >= 0.6 is 37.2 Å². The lowest BCUT2D eigenvalue weighted by Gasteiger charge is -2.35. The summed E-state index contributed by atoms with van der Waals surface area (Å²) in [6.07, 6.45) is 2.65. The molecule has 1 aliphatic heterocycles. The topological polar surface area (TPSA) is 53.4 Å². The molecule has 1 amide bonds. The third-order valence-electron chi connectivity index (χ3n) is 5.17. The number of carbonyl (C=O) groups is 1. The molecule has 0 aromatic carbocycles. The van der Waals surface area contributed by atoms with Crippen molar-refractivity contribution in [3.8, 4) is 0 Å². The lowest BCUT2D eigenvalue weighted by molar-refractivity contribution is -0.132. The first-order chi connectivity index (χ1) is 11.0. The first-order valence-electron chi connectivity index (χ1n) is 8.74. The standard InChI is InChI=1S/C17H29N5O.3ClH/c1-13-16(14(2)20(3)19-13)12-21-6-8-22(9-7-21)17(23)11-18-10-15-4-5-15;;;/h15,18H,4-12H2,1-3H3;3*1H. The molecule has 0 unspecified atom stereocenters. The third-order valence-corrected chi connectivity index (χ3v) is 5.17. The molecule has 6 nitrogen and oxygen atoms in total. The van der Waals surface area contributed by atoms with Crippen molar-refractivity contribution in [2.45, 2.75) is 33.2 Å². The molecule has 1 saturated heterocycles. The molecule has 26 heavy (non-hydrogen) atoms. The van der Waals surface area contributed by atoms with Gasteiger partial charge in [-0.3, -0.25) is 14.4 Å². The number of piperazine rings is 1. The van der Waals surface area contributed by atoms with Gasteiger partial charge < -0.3 is 10.2 Å². The highest BCUT2D eigenvalue weighted by Crippen LogP contribution is 2.27. The van der Waals surface area contributed by atoms with Gasteiger partial charge in [0.1, 0.15) is 0 Å². The fourth-order valence-corrected chi connectivity index (χ4v) is 3.24. The summed E-state index contributed by atoms with van der Waals surface area (Å²) in [5, 5.41) is 7.79. The molecular weight excluding hydrogens is 397 g/mol. The Morgan fingerprint density at radius 1 is 1.12 bits per heavy atom. The van der Waals surface area contributed by atoms with Crippen LogP contribution in [0.4, 0.5) is 0 Å². The van der Waals surface area contributed by atoms with E-state index in [9.17, 15) is 4.79 Å². The molecule has 2 heterocycles. The molecule has 9 heteroatoms. The molecule has 2 aliphatic rings. The Balaban J connectivity index is 0.00000208. The van der Waals surface area contributed by atoms with Gasteiger partial charge in [-0.1, -0.05) is 0 Å². The first-order valence-corrected chi connectivity index (χ1v) is 8.74. The minimum atomic E-state index is 0. The molecule has 0 radical (unpaired) electrons. The van der Waals surface area contributed by atoms with E-state index in [1.54, 1.807) is 0 Å². The van der Waals surface area contributed by atoms with Gasteiger partial charge in [0.2, 0.25) is 5.91 Å². The Bertz CT molecular complexity index is 569. The van der Waals surface area contributed by atoms with Gasteiger partial charge in [-0.05, 0) is 39.2 Å². The predicted octanol–water partition coefficient (Wildman–Crippen LogP) is 1.95. The molecule has 0 atom stereocenters. The summed E-state index contributed by atoms with van der Waals surface area (Å²) in [7, 11) is 2.00. The van der Waals surface area contributed by atoms with Crippen molar-refractivity contribution in [2.75, 3.05) is 39.3 Å². The summed E-state index contributed by atoms with van der Waals surface area (Å²) in [5.41, 5.74) is 3.69. The zero-order valence-electron chi connectivity index (χ0n) is 15.9. The number of hydrogen-bond donors (Lipinski definition) is 1. The van der Waals surface area contributed by atoms with Crippen LogP contribution in [0.25, 0.3) is 0 Å². The predicted molar refractivity (Wildman–Crippen MR) is 112 cm³/mol. The number of aryl methyl sites for hydroxylation is 2. The van der Waals surface area contributed by atoms with E-state index in [0.29, 0.717) is 6.54 Å². The molecule has 3 rings (SSSR count). The van der Waals surface area contributed by atoms with Gasteiger partial charge in [0.15, 0.2) is 0 Å². The highest BCUT2D eigenvalue weighted by atomic mass is 35.5. The Morgan fingerprint density at radius 2 is 1.73 bits per heavy atom. The maximum absolute atomic E-state index is 12.2. The number of nitrogens with zero attached hydrogens (tertiary/aromatic N) is 4. The van der Waals surface area contributed by atoms with Gasteiger partial charge in [0.25, 0.3) is 0 Å². The zero-order valence-corrected chi connectivity index (χ0v) is 18.3. The first kappa shape index (κ1) is 25.5. The number of aromatic nitrogens is 2. The molecule has 152 valence electrons. The molecule has 2 fully saturated rings. The summed E-state index contributed by atoms with van der Waals surface area (Å²) in [4.78, 5) is 16.6. The number of amides is 1. The lowest BCUT2D eigenvalue weighted by Crippen LogP contribution is -2.50. The van der Waals surface area contributed by atoms with Crippen molar-refractivity contribution in [2.24, 2.45) is 13.0 Å². The Labute approximate surface area is 175 Å². The van der Waals surface area contributed by atoms with E-state index < -0.39 is 0 Å². The van der Waals surface area contributed by atoms with Gasteiger partial charge in [0.05, 0.1) is 12.2 Å². The molecule has 0 bridgehead atoms. The summed E-state index contributed by atoms with van der Waals surface area (Å²) < 4.78 is 1.95. The van der Waals surface area contributed by atoms with E-state index in [1.807, 2.05) is 16.6 Å². The second-order valence-corrected chi connectivity index (χ2v) is 7.00. The van der Waals surface area contributed by atoms with Crippen molar-refractivity contribution in [3.05, 3.63) is 17.0 Å². The molecule has 0 spiro atoms. The van der Waals surface area contributed by atoms with Crippen LogP contribution < -0.4 is 5.32 Å². The maximum atomic E-state index is 12.2. The molecule has 1 aliphatic carbocycles. The van der Waals surface area contributed by atoms with Crippen LogP contribution in [0, 0.1) is 19.8 Å². The van der Waals surface area contributed by atoms with Crippen LogP contribution in [0.5, 0.6) is 0 Å². The van der Waals surface area contributed by atoms with E-state index >= 15 is 0 Å². The highest BCUT2D eigenvalue weighted by Gasteiger charge is 2.24. The van der Waals surface area contributed by atoms with Gasteiger partial charge in [-0.15, -0.1) is 37.2 Å². The van der Waals surface area contributed by atoms with E-state index in [2.05, 4.69) is 29.2 Å². The quantitative estimate of drug-likeness (QED) is 0.752. The smallest absolute Gasteiger partial charge is 0.236 e. The SMILES string of the molecule is Cc1nn(C)c(C)c1CN1CCN(C(=O)CNCC2CC2)CC1.Cl.Cl.Cl. The van der Waals surface area contributed by atoms with Crippen molar-refractivity contribution < 1.29 is 4.79 Å². The normalized spacial score (nSPS) is 17.1. The van der Waals surface area contributed by atoms with Crippen molar-refractivity contribution in [1.82, 2.24) is 24.9 Å². The van der Waals surface area contributed by atoms with E-state index in [4.69, 9.17) is 0 Å². The average molecular weight is 429 g/mol. The van der Waals surface area contributed by atoms with Crippen molar-refractivity contribution in [3.63, 3.8) is 0 Å². The van der Waals surface area contributed by atoms with Gasteiger partial charge in [0, 0.05) is 51.0 Å². The monoisotopic (exact) mass is 427 g/mol. The molecule has 1 saturated carbocycles. The summed E-state index contributed by atoms with van der Waals surface area (Å²) in [6, 6.07) is 0. The third kappa shape index (κ3) is 6.57. The molecule has 1 N–H and O–H groups in total. The van der Waals surface area contributed by atoms with E-state index in [0.717, 1.165) is 50.9 Å². The number of nitrogens with one attached hydrogen (secondary N) is 1. The van der Waals surface area contributed by atoms with Crippen molar-refractivity contribution in [1.29, 1.82) is 0 Å². The molecule has 1 aromatic heterocycles. The maximum Gasteiger partial charge on any atom is 0.236 e. The molecule has 1 aromatic rings. The zero-order chi connectivity index (χ0) is 16.4. The Morgan fingerprint density at radius 3 is 2.23 bits per heavy atom. The van der Waals surface area contributed by atoms with Gasteiger partial charge in [-0.2, -0.15) is 5.10 Å². The highest BCUT2D eigenvalue weighted by molar-refractivity contribution is 5.86. The second kappa shape index (κ2) is 11.3. The van der Waals surface area contributed by atoms with E-state index in [-0.39, 0.29) is 43.1 Å². The van der Waals surface area contributed by atoms with E-state index in [1.165, 1.54) is 24.1 Å². The van der Waals surface area contributed by atoms with Crippen LogP contribution in [-0.4, -0.2) is 64.8 Å². The van der Waals surface area contributed by atoms with Gasteiger partial charge in [-0.25, -0.2) is 0 Å². The largest absolute Gasteiger partial charge is 0.339 e. The number of halogens is 3. The van der Waals surface area contributed by atoms with Crippen LogP contribution in [0.3, 0.4) is 0 Å². The number of rotatable bonds is 6. The second-order valence-electron chi connectivity index (χ2n) is 7.00. The summed E-state index contributed by atoms with van der Waals surface area (Å²) in [6.45, 7) is 10.2. The Kier molecular flexibility index (Phi) is 11.1. The lowest BCUT2D eigenvalue weighted by atomic mass is 10.1. The van der Waals surface area contributed by atoms with Crippen LogP contribution in [0.1, 0.15) is 29.8 Å². The summed E-state index contributed by atoms with van der Waals surface area (Å²) >= 11 is 0. The summed E-state index contributed by atoms with van der Waals surface area (Å²) in [5.74, 6) is 1.07. The minimum Gasteiger partial charge on any atom is -0.339 e. The van der Waals surface area contributed by atoms with Crippen LogP contribution in [0.2, 0.25) is 0 Å². The minimum absolute atomic E-state index is 0. The average Bonchev–Trinajstić information content (AvgIpc) is 3.32. The number of carbonyl (C=O) groups excluding carboxylic acids is 1. The Hall–Kier alpha value is -0.530. The van der Waals surface area contributed by atoms with Crippen LogP contribution in [-0.2, 0) is 18.4 Å². The van der Waals surface area contributed by atoms with Crippen molar-refractivity contribution >= 4 is 43.1 Å². The fourth-order valence-electron chi connectivity index (χ4n) is 3.24. The molecular formula is C17H32Cl3N5O. The number of hydrogen-bond acceptors (Lipinski definition) is 4. The van der Waals surface area contributed by atoms with Gasteiger partial charge >= 0.3 is 0 Å². The van der Waals surface area contributed by atoms with Crippen LogP contribution in [0.15, 0.2) is 0 Å². The fraction of sp³-hybridized carbons (Fsp3) is 0.765.